The molecule has 0 aliphatic carbocycles. The van der Waals surface area contributed by atoms with E-state index >= 15 is 0 Å². The average Bonchev–Trinajstić information content (AvgIpc) is 3.22. The zero-order valence-corrected chi connectivity index (χ0v) is 22.4. The molecule has 3 aliphatic heterocycles. The Hall–Kier alpha value is -2.62. The second-order valence-corrected chi connectivity index (χ2v) is 10.4. The minimum Gasteiger partial charge on any atom is -0.459 e. The smallest absolute Gasteiger partial charge is 0.338 e. The molecule has 1 unspecified atom stereocenters. The van der Waals surface area contributed by atoms with Crippen LogP contribution in [0, 0.1) is 6.92 Å². The van der Waals surface area contributed by atoms with Gasteiger partial charge in [-0.1, -0.05) is 41.6 Å². The van der Waals surface area contributed by atoms with Crippen molar-refractivity contribution >= 4 is 28.8 Å². The Balaban J connectivity index is 1.48. The third kappa shape index (κ3) is 6.38. The van der Waals surface area contributed by atoms with E-state index in [-0.39, 0.29) is 24.4 Å². The van der Waals surface area contributed by atoms with E-state index in [1.807, 2.05) is 56.2 Å². The zero-order chi connectivity index (χ0) is 25.7. The molecular formula is C27H36N4O4S. The maximum absolute atomic E-state index is 13.2. The molecule has 3 aliphatic rings. The third-order valence-electron chi connectivity index (χ3n) is 6.34. The van der Waals surface area contributed by atoms with Crippen LogP contribution in [-0.2, 0) is 19.1 Å². The first-order chi connectivity index (χ1) is 17.3. The summed E-state index contributed by atoms with van der Waals surface area (Å²) in [5, 5.41) is 5.80. The molecule has 1 N–H and O–H groups in total. The van der Waals surface area contributed by atoms with Crippen LogP contribution in [0.25, 0.3) is 0 Å². The molecule has 4 rings (SSSR count). The van der Waals surface area contributed by atoms with Gasteiger partial charge in [0.15, 0.2) is 5.17 Å². The van der Waals surface area contributed by atoms with Gasteiger partial charge in [0.1, 0.15) is 0 Å². The molecule has 0 radical (unpaired) electrons. The van der Waals surface area contributed by atoms with Crippen molar-refractivity contribution in [2.45, 2.75) is 52.7 Å². The number of carbonyl (C=O) groups excluding carboxylic acids is 2. The van der Waals surface area contributed by atoms with Gasteiger partial charge in [0.2, 0.25) is 5.91 Å². The molecule has 0 spiro atoms. The molecule has 194 valence electrons. The summed E-state index contributed by atoms with van der Waals surface area (Å²) in [5.41, 5.74) is 4.06. The number of nitrogens with zero attached hydrogens (tertiary/aromatic N) is 3. The Morgan fingerprint density at radius 1 is 1.25 bits per heavy atom. The number of hydrogen-bond acceptors (Lipinski definition) is 8. The quantitative estimate of drug-likeness (QED) is 0.399. The van der Waals surface area contributed by atoms with Gasteiger partial charge in [-0.25, -0.2) is 9.79 Å². The van der Waals surface area contributed by atoms with Crippen molar-refractivity contribution in [1.29, 1.82) is 0 Å². The molecule has 8 nitrogen and oxygen atoms in total. The van der Waals surface area contributed by atoms with Crippen LogP contribution in [0.5, 0.6) is 0 Å². The van der Waals surface area contributed by atoms with E-state index in [2.05, 4.69) is 16.3 Å². The number of allylic oxidation sites excluding steroid dienone is 1. The fourth-order valence-corrected chi connectivity index (χ4v) is 5.61. The maximum atomic E-state index is 13.2. The topological polar surface area (TPSA) is 83.5 Å². The molecule has 1 fully saturated rings. The minimum atomic E-state index is -0.404. The summed E-state index contributed by atoms with van der Waals surface area (Å²) in [6.45, 7) is 12.6. The van der Waals surface area contributed by atoms with E-state index < -0.39 is 6.04 Å². The fraction of sp³-hybridized carbons (Fsp3) is 0.519. The summed E-state index contributed by atoms with van der Waals surface area (Å²) >= 11 is 1.49. The normalized spacial score (nSPS) is 20.2. The Morgan fingerprint density at radius 2 is 2.03 bits per heavy atom. The lowest BCUT2D eigenvalue weighted by molar-refractivity contribution is -0.143. The van der Waals surface area contributed by atoms with Crippen molar-refractivity contribution in [2.75, 3.05) is 39.4 Å². The summed E-state index contributed by atoms with van der Waals surface area (Å²) in [6.07, 6.45) is 0.874. The highest BCUT2D eigenvalue weighted by molar-refractivity contribution is 8.16. The Kier molecular flexibility index (Phi) is 8.87. The van der Waals surface area contributed by atoms with Crippen molar-refractivity contribution in [3.63, 3.8) is 0 Å². The number of esters is 1. The molecule has 1 aromatic rings. The van der Waals surface area contributed by atoms with Crippen molar-refractivity contribution in [3.8, 4) is 0 Å². The van der Waals surface area contributed by atoms with E-state index in [1.54, 1.807) is 0 Å². The lowest BCUT2D eigenvalue weighted by atomic mass is 9.93. The van der Waals surface area contributed by atoms with Crippen LogP contribution in [0.1, 0.15) is 50.8 Å². The summed E-state index contributed by atoms with van der Waals surface area (Å²) < 4.78 is 11.0. The largest absolute Gasteiger partial charge is 0.459 e. The first-order valence-electron chi connectivity index (χ1n) is 12.6. The van der Waals surface area contributed by atoms with E-state index in [9.17, 15) is 9.59 Å². The molecule has 1 atom stereocenters. The number of aryl methyl sites for hydroxylation is 1. The minimum absolute atomic E-state index is 0.0364. The first-order valence-corrected chi connectivity index (χ1v) is 13.5. The number of benzene rings is 1. The maximum Gasteiger partial charge on any atom is 0.338 e. The van der Waals surface area contributed by atoms with E-state index in [0.29, 0.717) is 17.8 Å². The van der Waals surface area contributed by atoms with Crippen LogP contribution in [0.15, 0.2) is 51.6 Å². The van der Waals surface area contributed by atoms with Crippen LogP contribution in [0.2, 0.25) is 0 Å². The number of thioether (sulfide) groups is 1. The SMILES string of the molecule is CC1=C(C(=O)OC(C)C)C(c2cccc(C)c2)N2C(CC(=O)NCCCN3CCOCC3)=CSC2=N1. The first kappa shape index (κ1) is 26.4. The summed E-state index contributed by atoms with van der Waals surface area (Å²) in [7, 11) is 0. The molecule has 9 heteroatoms. The van der Waals surface area contributed by atoms with Crippen LogP contribution < -0.4 is 5.32 Å². The highest BCUT2D eigenvalue weighted by atomic mass is 32.2. The van der Waals surface area contributed by atoms with Crippen molar-refractivity contribution < 1.29 is 19.1 Å². The molecule has 3 heterocycles. The number of fused-ring (bicyclic) bond motifs is 1. The molecule has 1 amide bonds. The molecule has 0 aromatic heterocycles. The van der Waals surface area contributed by atoms with Crippen LogP contribution >= 0.6 is 11.8 Å². The van der Waals surface area contributed by atoms with Crippen molar-refractivity contribution in [2.24, 2.45) is 4.99 Å². The highest BCUT2D eigenvalue weighted by Gasteiger charge is 2.41. The number of carbonyl (C=O) groups is 2. The van der Waals surface area contributed by atoms with Gasteiger partial charge in [0.25, 0.3) is 0 Å². The van der Waals surface area contributed by atoms with Gasteiger partial charge >= 0.3 is 5.97 Å². The van der Waals surface area contributed by atoms with Gasteiger partial charge in [-0.15, -0.1) is 0 Å². The molecule has 0 bridgehead atoms. The van der Waals surface area contributed by atoms with Gasteiger partial charge < -0.3 is 19.7 Å². The van der Waals surface area contributed by atoms with Crippen LogP contribution in [-0.4, -0.2) is 72.3 Å². The number of hydrogen-bond donors (Lipinski definition) is 1. The summed E-state index contributed by atoms with van der Waals surface area (Å²) in [5.74, 6) is -0.411. The summed E-state index contributed by atoms with van der Waals surface area (Å²) in [6, 6.07) is 7.71. The second-order valence-electron chi connectivity index (χ2n) is 9.60. The van der Waals surface area contributed by atoms with Crippen molar-refractivity contribution in [1.82, 2.24) is 15.1 Å². The second kappa shape index (κ2) is 12.1. The molecule has 0 saturated carbocycles. The van der Waals surface area contributed by atoms with Gasteiger partial charge in [-0.3, -0.25) is 9.69 Å². The number of morpholine rings is 1. The van der Waals surface area contributed by atoms with Crippen LogP contribution in [0.3, 0.4) is 0 Å². The van der Waals surface area contributed by atoms with E-state index in [0.717, 1.165) is 61.3 Å². The van der Waals surface area contributed by atoms with Gasteiger partial charge in [0, 0.05) is 25.3 Å². The molecule has 36 heavy (non-hydrogen) atoms. The monoisotopic (exact) mass is 512 g/mol. The Labute approximate surface area is 217 Å². The zero-order valence-electron chi connectivity index (χ0n) is 21.6. The standard InChI is InChI=1S/C27H36N4O4S/c1-18(2)35-26(33)24-20(4)29-27-31(25(24)21-8-5-7-19(3)15-21)22(17-36-27)16-23(32)28-9-6-10-30-11-13-34-14-12-30/h5,7-8,15,17-18,25H,6,9-14,16H2,1-4H3,(H,28,32). The number of rotatable bonds is 9. The number of amidine groups is 1. The van der Waals surface area contributed by atoms with Gasteiger partial charge in [-0.05, 0) is 51.6 Å². The van der Waals surface area contributed by atoms with Crippen molar-refractivity contribution in [3.05, 3.63) is 57.8 Å². The highest BCUT2D eigenvalue weighted by Crippen LogP contribution is 2.45. The van der Waals surface area contributed by atoms with Gasteiger partial charge in [-0.2, -0.15) is 0 Å². The van der Waals surface area contributed by atoms with Gasteiger partial charge in [0.05, 0.1) is 43.1 Å². The lowest BCUT2D eigenvalue weighted by Crippen LogP contribution is -2.39. The Morgan fingerprint density at radius 3 is 2.75 bits per heavy atom. The number of amides is 1. The molecular weight excluding hydrogens is 476 g/mol. The Bertz CT molecular complexity index is 1080. The van der Waals surface area contributed by atoms with Crippen LogP contribution in [0.4, 0.5) is 0 Å². The molecule has 1 aromatic carbocycles. The lowest BCUT2D eigenvalue weighted by Gasteiger charge is -2.36. The average molecular weight is 513 g/mol. The summed E-state index contributed by atoms with van der Waals surface area (Å²) in [4.78, 5) is 35.2. The fourth-order valence-electron chi connectivity index (χ4n) is 4.65. The number of aliphatic imine (C=N–C) groups is 1. The van der Waals surface area contributed by atoms with E-state index in [1.165, 1.54) is 11.8 Å². The number of ether oxygens (including phenoxy) is 2. The predicted octanol–water partition coefficient (Wildman–Crippen LogP) is 3.75. The van der Waals surface area contributed by atoms with E-state index in [4.69, 9.17) is 14.5 Å². The number of nitrogens with one attached hydrogen (secondary N) is 1. The predicted molar refractivity (Wildman–Crippen MR) is 142 cm³/mol. The third-order valence-corrected chi connectivity index (χ3v) is 7.23. The molecule has 1 saturated heterocycles.